The number of fused-ring (bicyclic) bond motifs is 1. The molecule has 1 fully saturated rings. The summed E-state index contributed by atoms with van der Waals surface area (Å²) in [5.41, 5.74) is 4.16. The van der Waals surface area contributed by atoms with E-state index in [1.54, 1.807) is 19.1 Å². The van der Waals surface area contributed by atoms with Crippen LogP contribution in [0.1, 0.15) is 24.0 Å². The van der Waals surface area contributed by atoms with Gasteiger partial charge in [-0.3, -0.25) is 4.90 Å². The average Bonchev–Trinajstić information content (AvgIpc) is 3.47. The molecule has 176 valence electrons. The van der Waals surface area contributed by atoms with E-state index in [0.717, 1.165) is 47.3 Å². The Labute approximate surface area is 202 Å². The number of hydrogen-bond acceptors (Lipinski definition) is 8. The summed E-state index contributed by atoms with van der Waals surface area (Å²) in [4.78, 5) is 15.6. The van der Waals surface area contributed by atoms with Crippen molar-refractivity contribution < 1.29 is 9.13 Å². The van der Waals surface area contributed by atoms with Crippen molar-refractivity contribution >= 4 is 44.0 Å². The first kappa shape index (κ1) is 22.6. The van der Waals surface area contributed by atoms with Gasteiger partial charge in [-0.2, -0.15) is 4.98 Å². The predicted molar refractivity (Wildman–Crippen MR) is 135 cm³/mol. The molecule has 1 aliphatic rings. The summed E-state index contributed by atoms with van der Waals surface area (Å²) >= 11 is 1.47. The van der Waals surface area contributed by atoms with Crippen LogP contribution in [-0.2, 0) is 11.3 Å². The molecule has 1 saturated heterocycles. The third-order valence-electron chi connectivity index (χ3n) is 5.81. The van der Waals surface area contributed by atoms with E-state index < -0.39 is 0 Å². The molecule has 0 unspecified atom stereocenters. The van der Waals surface area contributed by atoms with E-state index in [2.05, 4.69) is 61.8 Å². The fraction of sp³-hybridized carbons (Fsp3) is 0.320. The van der Waals surface area contributed by atoms with E-state index in [-0.39, 0.29) is 5.82 Å². The molecule has 0 aliphatic carbocycles. The first-order valence-electron chi connectivity index (χ1n) is 11.3. The number of aromatic nitrogens is 3. The molecule has 2 aromatic heterocycles. The molecule has 0 bridgehead atoms. The van der Waals surface area contributed by atoms with Crippen molar-refractivity contribution in [3.63, 3.8) is 0 Å². The maximum absolute atomic E-state index is 13.6. The number of anilines is 4. The van der Waals surface area contributed by atoms with E-state index in [1.165, 1.54) is 35.7 Å². The third-order valence-corrected chi connectivity index (χ3v) is 6.78. The fourth-order valence-electron chi connectivity index (χ4n) is 4.08. The summed E-state index contributed by atoms with van der Waals surface area (Å²) in [5.74, 6) is 0.411. The van der Waals surface area contributed by atoms with Crippen LogP contribution < -0.4 is 10.6 Å². The van der Waals surface area contributed by atoms with Gasteiger partial charge in [0.15, 0.2) is 16.6 Å². The highest BCUT2D eigenvalue weighted by molar-refractivity contribution is 7.22. The van der Waals surface area contributed by atoms with Crippen LogP contribution in [0.4, 0.5) is 26.7 Å². The van der Waals surface area contributed by atoms with Gasteiger partial charge in [0.05, 0.1) is 6.10 Å². The van der Waals surface area contributed by atoms with Crippen LogP contribution in [-0.4, -0.2) is 46.2 Å². The molecule has 7 nitrogen and oxygen atoms in total. The minimum atomic E-state index is -0.233. The van der Waals surface area contributed by atoms with Gasteiger partial charge in [0.1, 0.15) is 16.8 Å². The quantitative estimate of drug-likeness (QED) is 0.340. The van der Waals surface area contributed by atoms with E-state index in [1.807, 2.05) is 0 Å². The zero-order valence-electron chi connectivity index (χ0n) is 19.2. The van der Waals surface area contributed by atoms with Crippen LogP contribution in [0.5, 0.6) is 0 Å². The van der Waals surface area contributed by atoms with Crippen LogP contribution >= 0.6 is 11.3 Å². The minimum Gasteiger partial charge on any atom is -0.377 e. The number of likely N-dealkylation sites (N-methyl/N-ethyl adjacent to an activating group) is 1. The lowest BCUT2D eigenvalue weighted by Gasteiger charge is -2.20. The highest BCUT2D eigenvalue weighted by Gasteiger charge is 2.17. The topological polar surface area (TPSA) is 75.2 Å². The molecule has 0 spiro atoms. The molecule has 2 N–H and O–H groups in total. The maximum Gasteiger partial charge on any atom is 0.189 e. The highest BCUT2D eigenvalue weighted by atomic mass is 32.1. The average molecular weight is 479 g/mol. The van der Waals surface area contributed by atoms with Crippen LogP contribution in [0.15, 0.2) is 48.8 Å². The summed E-state index contributed by atoms with van der Waals surface area (Å²) < 4.78 is 20.2. The Morgan fingerprint density at radius 3 is 2.71 bits per heavy atom. The number of thiazole rings is 1. The number of halogens is 1. The molecule has 34 heavy (non-hydrogen) atoms. The molecule has 0 amide bonds. The zero-order valence-corrected chi connectivity index (χ0v) is 20.0. The van der Waals surface area contributed by atoms with Crippen LogP contribution in [0.3, 0.4) is 0 Å². The van der Waals surface area contributed by atoms with E-state index in [0.29, 0.717) is 23.1 Å². The lowest BCUT2D eigenvalue weighted by molar-refractivity contribution is 0.0793. The van der Waals surface area contributed by atoms with Crippen LogP contribution in [0.25, 0.3) is 10.3 Å². The van der Waals surface area contributed by atoms with Gasteiger partial charge in [-0.05, 0) is 68.3 Å². The Kier molecular flexibility index (Phi) is 6.66. The number of ether oxygens (including phenoxy) is 1. The molecule has 4 aromatic rings. The number of benzene rings is 2. The van der Waals surface area contributed by atoms with Gasteiger partial charge in [0.25, 0.3) is 0 Å². The monoisotopic (exact) mass is 478 g/mol. The summed E-state index contributed by atoms with van der Waals surface area (Å²) in [6.07, 6.45) is 4.16. The number of hydrogen-bond donors (Lipinski definition) is 2. The molecule has 0 saturated carbocycles. The van der Waals surface area contributed by atoms with Gasteiger partial charge in [-0.15, -0.1) is 0 Å². The van der Waals surface area contributed by atoms with Gasteiger partial charge < -0.3 is 15.4 Å². The Hall–Kier alpha value is -3.14. The number of aryl methyl sites for hydroxylation is 1. The summed E-state index contributed by atoms with van der Waals surface area (Å²) in [5, 5.41) is 7.36. The molecule has 1 atom stereocenters. The zero-order chi connectivity index (χ0) is 23.5. The van der Waals surface area contributed by atoms with Crippen molar-refractivity contribution in [3.8, 4) is 0 Å². The van der Waals surface area contributed by atoms with Crippen LogP contribution in [0, 0.1) is 12.7 Å². The predicted octanol–water partition coefficient (Wildman–Crippen LogP) is 5.63. The summed E-state index contributed by atoms with van der Waals surface area (Å²) in [7, 11) is 2.13. The molecule has 9 heteroatoms. The summed E-state index contributed by atoms with van der Waals surface area (Å²) in [6.45, 7) is 4.47. The second kappa shape index (κ2) is 10.0. The fourth-order valence-corrected chi connectivity index (χ4v) is 4.97. The van der Waals surface area contributed by atoms with Gasteiger partial charge in [0.2, 0.25) is 0 Å². The molecule has 5 rings (SSSR count). The van der Waals surface area contributed by atoms with Crippen molar-refractivity contribution in [1.82, 2.24) is 19.9 Å². The van der Waals surface area contributed by atoms with Crippen molar-refractivity contribution in [3.05, 3.63) is 65.7 Å². The van der Waals surface area contributed by atoms with E-state index in [4.69, 9.17) is 4.74 Å². The molecule has 2 aromatic carbocycles. The minimum absolute atomic E-state index is 0.233. The second-order valence-electron chi connectivity index (χ2n) is 8.64. The lowest BCUT2D eigenvalue weighted by Crippen LogP contribution is -2.28. The second-order valence-corrected chi connectivity index (χ2v) is 9.64. The van der Waals surface area contributed by atoms with Crippen molar-refractivity contribution in [2.24, 2.45) is 0 Å². The Morgan fingerprint density at radius 1 is 1.12 bits per heavy atom. The number of nitrogens with one attached hydrogen (secondary N) is 2. The maximum atomic E-state index is 13.6. The normalized spacial score (nSPS) is 15.8. The van der Waals surface area contributed by atoms with Gasteiger partial charge in [-0.1, -0.05) is 23.5 Å². The number of nitrogens with zero attached hydrogens (tertiary/aromatic N) is 4. The smallest absolute Gasteiger partial charge is 0.189 e. The highest BCUT2D eigenvalue weighted by Crippen LogP contribution is 2.33. The molecule has 3 heterocycles. The Morgan fingerprint density at radius 2 is 1.94 bits per heavy atom. The van der Waals surface area contributed by atoms with E-state index in [9.17, 15) is 4.39 Å². The largest absolute Gasteiger partial charge is 0.377 e. The Balaban J connectivity index is 1.25. The molecule has 0 radical (unpaired) electrons. The number of rotatable bonds is 8. The standard InChI is InChI=1S/C25H27FN6OS/c1-16-12-19(9-10-21(16)26)29-23-22-24(28-15-27-23)31-25(34-22)30-18-7-5-17(6-8-18)13-32(2)14-20-4-3-11-33-20/h5-10,12,15,20H,3-4,11,13-14H2,1-2H3,(H2,27,28,29,30,31)/t20-/m0/s1. The van der Waals surface area contributed by atoms with Gasteiger partial charge >= 0.3 is 0 Å². The molecular weight excluding hydrogens is 451 g/mol. The van der Waals surface area contributed by atoms with Crippen LogP contribution in [0.2, 0.25) is 0 Å². The SMILES string of the molecule is Cc1cc(Nc2ncnc3nc(Nc4ccc(CN(C)C[C@@H]5CCCO5)cc4)sc23)ccc1F. The van der Waals surface area contributed by atoms with Crippen molar-refractivity contribution in [1.29, 1.82) is 0 Å². The third kappa shape index (κ3) is 5.32. The lowest BCUT2D eigenvalue weighted by atomic mass is 10.2. The van der Waals surface area contributed by atoms with Crippen molar-refractivity contribution in [2.45, 2.75) is 32.4 Å². The summed E-state index contributed by atoms with van der Waals surface area (Å²) in [6, 6.07) is 13.3. The van der Waals surface area contributed by atoms with Gasteiger partial charge in [0, 0.05) is 31.1 Å². The Bertz CT molecular complexity index is 1270. The van der Waals surface area contributed by atoms with E-state index >= 15 is 0 Å². The molecular formula is C25H27FN6OS. The first-order chi connectivity index (χ1) is 16.5. The first-order valence-corrected chi connectivity index (χ1v) is 12.2. The van der Waals surface area contributed by atoms with Crippen molar-refractivity contribution in [2.75, 3.05) is 30.8 Å². The van der Waals surface area contributed by atoms with Gasteiger partial charge in [-0.25, -0.2) is 14.4 Å². The molecule has 1 aliphatic heterocycles.